The highest BCUT2D eigenvalue weighted by atomic mass is 16.5. The van der Waals surface area contributed by atoms with Gasteiger partial charge in [-0.3, -0.25) is 4.79 Å². The Morgan fingerprint density at radius 1 is 1.00 bits per heavy atom. The zero-order valence-corrected chi connectivity index (χ0v) is 16.7. The van der Waals surface area contributed by atoms with Crippen LogP contribution < -0.4 is 5.32 Å². The van der Waals surface area contributed by atoms with Crippen LogP contribution in [0.4, 0.5) is 5.69 Å². The Bertz CT molecular complexity index is 1580. The molecule has 0 fully saturated rings. The number of pyridine rings is 1. The van der Waals surface area contributed by atoms with E-state index in [1.807, 2.05) is 18.2 Å². The van der Waals surface area contributed by atoms with Crippen LogP contribution >= 0.6 is 0 Å². The molecule has 0 spiro atoms. The topological polar surface area (TPSA) is 123 Å². The Balaban J connectivity index is 1.38. The molecular formula is C23H15N5O4. The van der Waals surface area contributed by atoms with Gasteiger partial charge >= 0.3 is 0 Å². The van der Waals surface area contributed by atoms with Crippen molar-refractivity contribution in [2.45, 2.75) is 6.92 Å². The molecule has 0 aliphatic heterocycles. The highest BCUT2D eigenvalue weighted by Crippen LogP contribution is 2.29. The first-order chi connectivity index (χ1) is 15.7. The van der Waals surface area contributed by atoms with Crippen molar-refractivity contribution in [1.29, 1.82) is 0 Å². The number of hydrogen-bond donors (Lipinski definition) is 2. The van der Waals surface area contributed by atoms with Crippen LogP contribution in [0.2, 0.25) is 0 Å². The van der Waals surface area contributed by atoms with Crippen molar-refractivity contribution < 1.29 is 18.2 Å². The number of aromatic amines is 1. The van der Waals surface area contributed by atoms with Crippen LogP contribution in [0.25, 0.3) is 45.2 Å². The predicted octanol–water partition coefficient (Wildman–Crippen LogP) is 5.18. The molecule has 0 unspecified atom stereocenters. The van der Waals surface area contributed by atoms with E-state index in [0.29, 0.717) is 45.4 Å². The zero-order valence-electron chi connectivity index (χ0n) is 16.7. The number of carbonyl (C=O) groups excluding carboxylic acids is 1. The molecule has 9 heteroatoms. The first-order valence-electron chi connectivity index (χ1n) is 9.81. The molecule has 6 aromatic rings. The van der Waals surface area contributed by atoms with E-state index in [4.69, 9.17) is 13.4 Å². The van der Waals surface area contributed by atoms with Crippen molar-refractivity contribution in [3.63, 3.8) is 0 Å². The summed E-state index contributed by atoms with van der Waals surface area (Å²) >= 11 is 0. The van der Waals surface area contributed by atoms with E-state index in [0.717, 1.165) is 11.0 Å². The van der Waals surface area contributed by atoms with Crippen molar-refractivity contribution in [2.75, 3.05) is 5.32 Å². The molecule has 5 aromatic heterocycles. The number of aromatic nitrogens is 4. The largest absolute Gasteiger partial charge is 0.463 e. The van der Waals surface area contributed by atoms with E-state index in [1.54, 1.807) is 49.8 Å². The van der Waals surface area contributed by atoms with E-state index in [1.165, 1.54) is 0 Å². The Labute approximate surface area is 180 Å². The van der Waals surface area contributed by atoms with E-state index < -0.39 is 0 Å². The molecule has 0 aliphatic carbocycles. The molecule has 1 amide bonds. The summed E-state index contributed by atoms with van der Waals surface area (Å²) in [7, 11) is 0. The second-order valence-electron chi connectivity index (χ2n) is 7.23. The van der Waals surface area contributed by atoms with Gasteiger partial charge in [-0.1, -0.05) is 5.16 Å². The molecule has 9 nitrogen and oxygen atoms in total. The van der Waals surface area contributed by atoms with Gasteiger partial charge in [-0.05, 0) is 55.5 Å². The number of nitrogens with one attached hydrogen (secondary N) is 2. The molecule has 0 bridgehead atoms. The van der Waals surface area contributed by atoms with Gasteiger partial charge < -0.3 is 23.7 Å². The molecule has 2 N–H and O–H groups in total. The monoisotopic (exact) mass is 425 g/mol. The second-order valence-corrected chi connectivity index (χ2v) is 7.23. The number of H-pyrrole nitrogens is 1. The number of fused-ring (bicyclic) bond motifs is 2. The fraction of sp³-hybridized carbons (Fsp3) is 0.0435. The lowest BCUT2D eigenvalue weighted by Crippen LogP contribution is -2.13. The summed E-state index contributed by atoms with van der Waals surface area (Å²) in [5, 5.41) is 7.46. The van der Waals surface area contributed by atoms with Crippen LogP contribution in [-0.2, 0) is 0 Å². The molecular weight excluding hydrogens is 410 g/mol. The van der Waals surface area contributed by atoms with E-state index in [-0.39, 0.29) is 11.6 Å². The fourth-order valence-corrected chi connectivity index (χ4v) is 3.64. The summed E-state index contributed by atoms with van der Waals surface area (Å²) in [5.74, 6) is 1.47. The van der Waals surface area contributed by atoms with Gasteiger partial charge in [0.1, 0.15) is 5.69 Å². The number of aryl methyl sites for hydroxylation is 1. The normalized spacial score (nSPS) is 11.4. The summed E-state index contributed by atoms with van der Waals surface area (Å²) in [6, 6.07) is 14.3. The lowest BCUT2D eigenvalue weighted by Gasteiger charge is -2.07. The van der Waals surface area contributed by atoms with Gasteiger partial charge in [-0.25, -0.2) is 9.97 Å². The van der Waals surface area contributed by atoms with Crippen molar-refractivity contribution in [3.05, 3.63) is 72.3 Å². The lowest BCUT2D eigenvalue weighted by atomic mass is 10.1. The van der Waals surface area contributed by atoms with Gasteiger partial charge in [0.25, 0.3) is 11.6 Å². The molecule has 32 heavy (non-hydrogen) atoms. The van der Waals surface area contributed by atoms with Crippen LogP contribution in [0, 0.1) is 6.92 Å². The first kappa shape index (κ1) is 18.1. The molecule has 0 saturated heterocycles. The number of anilines is 1. The maximum absolute atomic E-state index is 13.2. The molecule has 0 saturated carbocycles. The predicted molar refractivity (Wildman–Crippen MR) is 116 cm³/mol. The van der Waals surface area contributed by atoms with E-state index in [9.17, 15) is 4.79 Å². The van der Waals surface area contributed by atoms with Crippen molar-refractivity contribution in [2.24, 2.45) is 0 Å². The summed E-state index contributed by atoms with van der Waals surface area (Å²) in [5.41, 5.74) is 3.86. The maximum Gasteiger partial charge on any atom is 0.259 e. The quantitative estimate of drug-likeness (QED) is 0.399. The van der Waals surface area contributed by atoms with Crippen LogP contribution in [-0.4, -0.2) is 26.0 Å². The Morgan fingerprint density at radius 3 is 2.59 bits per heavy atom. The summed E-state index contributed by atoms with van der Waals surface area (Å²) in [6.07, 6.45) is 3.14. The van der Waals surface area contributed by atoms with Gasteiger partial charge in [-0.15, -0.1) is 0 Å². The number of nitrogens with zero attached hydrogens (tertiary/aromatic N) is 3. The maximum atomic E-state index is 13.2. The van der Waals surface area contributed by atoms with Crippen molar-refractivity contribution in [1.82, 2.24) is 20.1 Å². The minimum atomic E-state index is -0.318. The van der Waals surface area contributed by atoms with E-state index >= 15 is 0 Å². The highest BCUT2D eigenvalue weighted by Gasteiger charge is 2.20. The van der Waals surface area contributed by atoms with Crippen LogP contribution in [0.15, 0.2) is 74.4 Å². The molecule has 1 aromatic carbocycles. The summed E-state index contributed by atoms with van der Waals surface area (Å²) < 4.78 is 16.1. The van der Waals surface area contributed by atoms with Gasteiger partial charge in [0.15, 0.2) is 17.3 Å². The van der Waals surface area contributed by atoms with Gasteiger partial charge in [-0.2, -0.15) is 0 Å². The third-order valence-corrected chi connectivity index (χ3v) is 5.13. The van der Waals surface area contributed by atoms with Gasteiger partial charge in [0.2, 0.25) is 0 Å². The molecule has 0 aliphatic rings. The molecule has 156 valence electrons. The van der Waals surface area contributed by atoms with Gasteiger partial charge in [0, 0.05) is 5.69 Å². The van der Waals surface area contributed by atoms with Crippen LogP contribution in [0.3, 0.4) is 0 Å². The number of rotatable bonds is 4. The summed E-state index contributed by atoms with van der Waals surface area (Å²) in [6.45, 7) is 1.77. The van der Waals surface area contributed by atoms with Gasteiger partial charge in [0.05, 0.1) is 40.2 Å². The number of amides is 1. The number of imidazole rings is 1. The average Bonchev–Trinajstić information content (AvgIpc) is 3.59. The average molecular weight is 425 g/mol. The third kappa shape index (κ3) is 2.95. The molecule has 5 heterocycles. The molecule has 6 rings (SSSR count). The van der Waals surface area contributed by atoms with E-state index in [2.05, 4.69) is 25.4 Å². The lowest BCUT2D eigenvalue weighted by molar-refractivity contribution is 0.102. The van der Waals surface area contributed by atoms with Crippen LogP contribution in [0.1, 0.15) is 16.1 Å². The Morgan fingerprint density at radius 2 is 1.81 bits per heavy atom. The number of hydrogen-bond acceptors (Lipinski definition) is 7. The summed E-state index contributed by atoms with van der Waals surface area (Å²) in [4.78, 5) is 25.4. The SMILES string of the molecule is Cc1noc2nc(-c3ccco3)cc(C(=O)Nc3ccc4nc(-c5ccco5)[nH]c4c3)c12. The minimum absolute atomic E-state index is 0.272. The highest BCUT2D eigenvalue weighted by molar-refractivity contribution is 6.13. The number of carbonyl (C=O) groups is 1. The second kappa shape index (κ2) is 6.95. The molecule has 0 radical (unpaired) electrons. The molecule has 0 atom stereocenters. The fourth-order valence-electron chi connectivity index (χ4n) is 3.64. The van der Waals surface area contributed by atoms with Crippen molar-refractivity contribution >= 4 is 33.7 Å². The smallest absolute Gasteiger partial charge is 0.259 e. The standard InChI is InChI=1S/C23H15N5O4/c1-12-20-14(11-17(18-4-2-8-30-18)27-23(20)32-28-12)22(29)24-13-6-7-15-16(10-13)26-21(25-15)19-5-3-9-31-19/h2-11H,1H3,(H,24,29)(H,25,26). The number of benzene rings is 1. The third-order valence-electron chi connectivity index (χ3n) is 5.13. The zero-order chi connectivity index (χ0) is 21.7. The Kier molecular flexibility index (Phi) is 3.94. The number of furan rings is 2. The Hall–Kier alpha value is -4.66. The van der Waals surface area contributed by atoms with Crippen LogP contribution in [0.5, 0.6) is 0 Å². The minimum Gasteiger partial charge on any atom is -0.463 e. The van der Waals surface area contributed by atoms with Crippen molar-refractivity contribution in [3.8, 4) is 23.0 Å². The first-order valence-corrected chi connectivity index (χ1v) is 9.81.